The summed E-state index contributed by atoms with van der Waals surface area (Å²) in [5.74, 6) is 1.95. The van der Waals surface area contributed by atoms with Crippen LogP contribution in [-0.2, 0) is 17.8 Å². The highest BCUT2D eigenvalue weighted by Gasteiger charge is 2.14. The predicted molar refractivity (Wildman–Crippen MR) is 93.2 cm³/mol. The zero-order valence-electron chi connectivity index (χ0n) is 14.7. The van der Waals surface area contributed by atoms with E-state index in [1.807, 2.05) is 6.92 Å². The topological polar surface area (TPSA) is 76.9 Å². The van der Waals surface area contributed by atoms with Crippen LogP contribution in [0.3, 0.4) is 0 Å². The molecule has 0 saturated heterocycles. The molecule has 128 valence electrons. The zero-order chi connectivity index (χ0) is 17.7. The Labute approximate surface area is 142 Å². The number of nitrogens with one attached hydrogen (secondary N) is 1. The van der Waals surface area contributed by atoms with E-state index in [0.29, 0.717) is 30.0 Å². The van der Waals surface area contributed by atoms with Crippen LogP contribution >= 0.6 is 0 Å². The second kappa shape index (κ2) is 7.86. The van der Waals surface area contributed by atoms with Crippen molar-refractivity contribution in [1.82, 2.24) is 14.8 Å². The van der Waals surface area contributed by atoms with Crippen molar-refractivity contribution in [2.45, 2.75) is 53.0 Å². The highest BCUT2D eigenvalue weighted by molar-refractivity contribution is 5.97. The molecule has 0 aliphatic carbocycles. The quantitative estimate of drug-likeness (QED) is 0.792. The van der Waals surface area contributed by atoms with Gasteiger partial charge in [-0.1, -0.05) is 26.0 Å². The molecule has 0 unspecified atom stereocenters. The number of rotatable bonds is 7. The van der Waals surface area contributed by atoms with Gasteiger partial charge in [-0.15, -0.1) is 10.2 Å². The lowest BCUT2D eigenvalue weighted by Gasteiger charge is -2.10. The van der Waals surface area contributed by atoms with Gasteiger partial charge >= 0.3 is 0 Å². The number of aromatic nitrogens is 3. The summed E-state index contributed by atoms with van der Waals surface area (Å²) in [6.07, 6.45) is 0.853. The lowest BCUT2D eigenvalue weighted by molar-refractivity contribution is -0.116. The van der Waals surface area contributed by atoms with Crippen LogP contribution in [0.25, 0.3) is 0 Å². The number of benzene rings is 1. The smallest absolute Gasteiger partial charge is 0.224 e. The van der Waals surface area contributed by atoms with Crippen molar-refractivity contribution in [3.05, 3.63) is 41.5 Å². The summed E-state index contributed by atoms with van der Waals surface area (Å²) < 4.78 is 2.06. The molecule has 0 spiro atoms. The van der Waals surface area contributed by atoms with E-state index in [2.05, 4.69) is 33.9 Å². The van der Waals surface area contributed by atoms with Gasteiger partial charge in [-0.25, -0.2) is 0 Å². The Balaban J connectivity index is 1.99. The summed E-state index contributed by atoms with van der Waals surface area (Å²) in [6.45, 7) is 8.50. The molecule has 6 heteroatoms. The standard InChI is InChI=1S/C18H24N4O2/c1-5-22-16(20-21-18(22)12(2)3)9-10-17(24)19-15-8-6-7-14(11-15)13(4)23/h6-8,11-12H,5,9-10H2,1-4H3,(H,19,24). The lowest BCUT2D eigenvalue weighted by Crippen LogP contribution is -2.15. The molecule has 24 heavy (non-hydrogen) atoms. The van der Waals surface area contributed by atoms with Gasteiger partial charge in [-0.05, 0) is 26.0 Å². The first-order valence-corrected chi connectivity index (χ1v) is 8.25. The van der Waals surface area contributed by atoms with Crippen LogP contribution < -0.4 is 5.32 Å². The van der Waals surface area contributed by atoms with E-state index >= 15 is 0 Å². The molecule has 1 heterocycles. The van der Waals surface area contributed by atoms with Crippen molar-refractivity contribution in [3.63, 3.8) is 0 Å². The van der Waals surface area contributed by atoms with Crippen LogP contribution in [0.4, 0.5) is 5.69 Å². The molecule has 2 aromatic rings. The summed E-state index contributed by atoms with van der Waals surface area (Å²) in [7, 11) is 0. The Morgan fingerprint density at radius 3 is 2.62 bits per heavy atom. The van der Waals surface area contributed by atoms with Crippen molar-refractivity contribution in [2.24, 2.45) is 0 Å². The lowest BCUT2D eigenvalue weighted by atomic mass is 10.1. The SMILES string of the molecule is CCn1c(CCC(=O)Nc2cccc(C(C)=O)c2)nnc1C(C)C. The van der Waals surface area contributed by atoms with Crippen molar-refractivity contribution in [2.75, 3.05) is 5.32 Å². The molecule has 1 aromatic heterocycles. The number of hydrogen-bond acceptors (Lipinski definition) is 4. The van der Waals surface area contributed by atoms with E-state index in [-0.39, 0.29) is 11.7 Å². The van der Waals surface area contributed by atoms with E-state index in [0.717, 1.165) is 18.2 Å². The molecule has 0 aliphatic rings. The number of aryl methyl sites for hydroxylation is 1. The Hall–Kier alpha value is -2.50. The maximum Gasteiger partial charge on any atom is 0.224 e. The Kier molecular flexibility index (Phi) is 5.84. The number of carbonyl (C=O) groups is 2. The third-order valence-electron chi connectivity index (χ3n) is 3.82. The average Bonchev–Trinajstić information content (AvgIpc) is 2.96. The molecule has 0 bridgehead atoms. The molecule has 0 saturated carbocycles. The molecular weight excluding hydrogens is 304 g/mol. The van der Waals surface area contributed by atoms with E-state index in [4.69, 9.17) is 0 Å². The van der Waals surface area contributed by atoms with Gasteiger partial charge < -0.3 is 9.88 Å². The molecule has 0 atom stereocenters. The van der Waals surface area contributed by atoms with Crippen molar-refractivity contribution < 1.29 is 9.59 Å². The van der Waals surface area contributed by atoms with Crippen molar-refractivity contribution >= 4 is 17.4 Å². The molecule has 0 aliphatic heterocycles. The minimum Gasteiger partial charge on any atom is -0.326 e. The van der Waals surface area contributed by atoms with Gasteiger partial charge in [0.25, 0.3) is 0 Å². The molecule has 0 fully saturated rings. The first-order valence-electron chi connectivity index (χ1n) is 8.25. The Morgan fingerprint density at radius 2 is 2.00 bits per heavy atom. The Bertz CT molecular complexity index is 734. The van der Waals surface area contributed by atoms with Gasteiger partial charge in [0, 0.05) is 36.6 Å². The molecule has 0 radical (unpaired) electrons. The molecule has 1 aromatic carbocycles. The third kappa shape index (κ3) is 4.28. The predicted octanol–water partition coefficient (Wildman–Crippen LogP) is 3.20. The number of hydrogen-bond donors (Lipinski definition) is 1. The van der Waals surface area contributed by atoms with Crippen molar-refractivity contribution in [1.29, 1.82) is 0 Å². The summed E-state index contributed by atoms with van der Waals surface area (Å²) in [6, 6.07) is 6.95. The van der Waals surface area contributed by atoms with E-state index in [1.54, 1.807) is 24.3 Å². The maximum absolute atomic E-state index is 12.2. The minimum atomic E-state index is -0.104. The van der Waals surface area contributed by atoms with E-state index in [1.165, 1.54) is 6.92 Å². The highest BCUT2D eigenvalue weighted by Crippen LogP contribution is 2.15. The molecular formula is C18H24N4O2. The maximum atomic E-state index is 12.2. The van der Waals surface area contributed by atoms with Gasteiger partial charge in [0.15, 0.2) is 5.78 Å². The minimum absolute atomic E-state index is 0.0247. The largest absolute Gasteiger partial charge is 0.326 e. The number of ketones is 1. The monoisotopic (exact) mass is 328 g/mol. The summed E-state index contributed by atoms with van der Waals surface area (Å²) in [5.41, 5.74) is 1.22. The van der Waals surface area contributed by atoms with Crippen LogP contribution in [0.2, 0.25) is 0 Å². The van der Waals surface area contributed by atoms with Crippen LogP contribution in [0.5, 0.6) is 0 Å². The van der Waals surface area contributed by atoms with Gasteiger partial charge in [0.2, 0.25) is 5.91 Å². The second-order valence-electron chi connectivity index (χ2n) is 6.06. The first-order chi connectivity index (χ1) is 11.4. The summed E-state index contributed by atoms with van der Waals surface area (Å²) >= 11 is 0. The van der Waals surface area contributed by atoms with Crippen LogP contribution in [0.15, 0.2) is 24.3 Å². The average molecular weight is 328 g/mol. The van der Waals surface area contributed by atoms with Gasteiger partial charge in [0.1, 0.15) is 11.6 Å². The molecule has 2 rings (SSSR count). The fourth-order valence-electron chi connectivity index (χ4n) is 2.57. The van der Waals surface area contributed by atoms with Gasteiger partial charge in [-0.3, -0.25) is 9.59 Å². The molecule has 1 N–H and O–H groups in total. The van der Waals surface area contributed by atoms with Gasteiger partial charge in [-0.2, -0.15) is 0 Å². The fourth-order valence-corrected chi connectivity index (χ4v) is 2.57. The number of carbonyl (C=O) groups excluding carboxylic acids is 2. The van der Waals surface area contributed by atoms with E-state index in [9.17, 15) is 9.59 Å². The Morgan fingerprint density at radius 1 is 1.25 bits per heavy atom. The molecule has 6 nitrogen and oxygen atoms in total. The van der Waals surface area contributed by atoms with Crippen molar-refractivity contribution in [3.8, 4) is 0 Å². The van der Waals surface area contributed by atoms with E-state index < -0.39 is 0 Å². The summed E-state index contributed by atoms with van der Waals surface area (Å²) in [5, 5.41) is 11.3. The number of nitrogens with zero attached hydrogens (tertiary/aromatic N) is 3. The zero-order valence-corrected chi connectivity index (χ0v) is 14.7. The number of anilines is 1. The third-order valence-corrected chi connectivity index (χ3v) is 3.82. The highest BCUT2D eigenvalue weighted by atomic mass is 16.1. The second-order valence-corrected chi connectivity index (χ2v) is 6.06. The van der Waals surface area contributed by atoms with Crippen LogP contribution in [0, 0.1) is 0 Å². The fraction of sp³-hybridized carbons (Fsp3) is 0.444. The van der Waals surface area contributed by atoms with Crippen LogP contribution in [0.1, 0.15) is 62.0 Å². The number of Topliss-reactive ketones (excluding diaryl/α,β-unsaturated/α-hetero) is 1. The first kappa shape index (κ1) is 17.8. The molecule has 1 amide bonds. The number of amides is 1. The summed E-state index contributed by atoms with van der Waals surface area (Å²) in [4.78, 5) is 23.5. The van der Waals surface area contributed by atoms with Gasteiger partial charge in [0.05, 0.1) is 0 Å². The normalized spacial score (nSPS) is 10.9. The van der Waals surface area contributed by atoms with Crippen LogP contribution in [-0.4, -0.2) is 26.5 Å².